The number of carbonyl (C=O) groups excluding carboxylic acids is 10. The summed E-state index contributed by atoms with van der Waals surface area (Å²) in [6, 6.07) is 7.43. The van der Waals surface area contributed by atoms with Crippen LogP contribution in [0.25, 0.3) is 38.7 Å². The molecule has 0 saturated carbocycles. The number of unbranched alkanes of at least 4 members (excludes halogenated alkanes) is 3. The van der Waals surface area contributed by atoms with Crippen LogP contribution in [-0.2, 0) is 73.4 Å². The lowest BCUT2D eigenvalue weighted by atomic mass is 9.78. The lowest BCUT2D eigenvalue weighted by Crippen LogP contribution is -2.46. The van der Waals surface area contributed by atoms with Gasteiger partial charge in [0.1, 0.15) is 42.0 Å². The summed E-state index contributed by atoms with van der Waals surface area (Å²) in [4.78, 5) is 166. The van der Waals surface area contributed by atoms with Gasteiger partial charge in [-0.05, 0) is 82.1 Å². The zero-order chi connectivity index (χ0) is 86.0. The van der Waals surface area contributed by atoms with Crippen molar-refractivity contribution in [1.29, 1.82) is 0 Å². The van der Waals surface area contributed by atoms with E-state index in [0.717, 1.165) is 4.90 Å². The van der Waals surface area contributed by atoms with Gasteiger partial charge in [0.25, 0.3) is 17.7 Å². The van der Waals surface area contributed by atoms with E-state index in [1.165, 1.54) is 77.5 Å². The summed E-state index contributed by atoms with van der Waals surface area (Å²) in [7, 11) is 1.42. The summed E-state index contributed by atoms with van der Waals surface area (Å²) < 4.78 is 47.1. The number of ketones is 2. The number of ether oxygens (including phenoxy) is 7. The molecule has 0 aliphatic carbocycles. The molecule has 0 unspecified atom stereocenters. The number of aromatic nitrogens is 1. The Morgan fingerprint density at radius 1 is 0.822 bits per heavy atom. The van der Waals surface area contributed by atoms with E-state index < -0.39 is 129 Å². The molecule has 4 aliphatic rings. The van der Waals surface area contributed by atoms with Gasteiger partial charge in [-0.15, -0.1) is 0 Å². The van der Waals surface area contributed by atoms with Gasteiger partial charge < -0.3 is 95.2 Å². The Bertz CT molecular complexity index is 4860. The Hall–Kier alpha value is -11.1. The van der Waals surface area contributed by atoms with Crippen molar-refractivity contribution in [3.63, 3.8) is 0 Å². The van der Waals surface area contributed by atoms with Gasteiger partial charge in [0.2, 0.25) is 22.7 Å². The quantitative estimate of drug-likeness (QED) is 0.00657. The topological polar surface area (TPSA) is 469 Å². The summed E-state index contributed by atoms with van der Waals surface area (Å²) in [5, 5.41) is 60.8. The van der Waals surface area contributed by atoms with Crippen LogP contribution in [0.15, 0.2) is 98.7 Å². The second-order valence-electron chi connectivity index (χ2n) is 31.1. The molecule has 1 aromatic heterocycles. The van der Waals surface area contributed by atoms with E-state index >= 15 is 4.79 Å². The number of nitrogens with one attached hydrogen (secondary N) is 5. The number of carbonyl (C=O) groups is 10. The highest BCUT2D eigenvalue weighted by molar-refractivity contribution is 6.17. The van der Waals surface area contributed by atoms with E-state index in [4.69, 9.17) is 48.3 Å². The van der Waals surface area contributed by atoms with Crippen molar-refractivity contribution in [2.45, 2.75) is 189 Å². The van der Waals surface area contributed by atoms with Crippen LogP contribution in [0.4, 0.5) is 26.7 Å². The minimum atomic E-state index is -2.07. The zero-order valence-electron chi connectivity index (χ0n) is 68.4. The Morgan fingerprint density at radius 2 is 1.51 bits per heavy atom. The zero-order valence-corrected chi connectivity index (χ0v) is 68.4. The number of nitrogens with two attached hydrogens (primary N) is 1. The maximum absolute atomic E-state index is 15.2. The van der Waals surface area contributed by atoms with Crippen LogP contribution >= 0.6 is 0 Å². The van der Waals surface area contributed by atoms with E-state index in [2.05, 4.69) is 26.6 Å². The van der Waals surface area contributed by atoms with E-state index in [-0.39, 0.29) is 156 Å². The third kappa shape index (κ3) is 22.8. The minimum Gasteiger partial charge on any atom is -0.507 e. The van der Waals surface area contributed by atoms with Crippen molar-refractivity contribution < 1.29 is 106 Å². The number of alkyl carbamates (subject to hydrolysis) is 1. The highest BCUT2D eigenvalue weighted by atomic mass is 16.7. The normalized spacial score (nSPS) is 22.8. The molecular weight excluding hydrogens is 1530 g/mol. The number of benzene rings is 4. The van der Waals surface area contributed by atoms with Gasteiger partial charge >= 0.3 is 23.9 Å². The Morgan fingerprint density at radius 3 is 2.18 bits per heavy atom. The first kappa shape index (κ1) is 90.8. The number of urea groups is 1. The van der Waals surface area contributed by atoms with E-state index in [0.29, 0.717) is 81.4 Å². The standard InChI is InChI=1S/C85H109N9O24/c1-45(2)69(90-63(99)22-15-13-12-14-21-58(96)44-113-39-38-112-37-35-94-64(100)27-28-65(94)101)59(97)40-54(20-17-32-87-83(86)109)82(108)88-55-25-23-53(24-26-55)43-114-84(110)89-56-29-33-93(34-30-56)57-41-60(98)70-62(42-57)117-79-71(91-70)66-67-75(104)51(8)78-68(66)80(106)85(10,118-78)115-36-31-61(111-11)48(5)77(116-52(9)95)50(7)74(103)49(6)73(102)46(3)18-16-19-47(4)81(107)92-72(79)76(67)105/h16,18-19,23-28,31,36,41-42,45-46,48-50,54,56,61,69,73-74,77,102-104,106H,12-15,17,20-22,29-30,32-35,37-40,43-44H2,1-11H3,(H,88,108)(H,89,110)(H,90,99)(H,92,107)(H3,86,87,109)/b18-16+,36-31+,47-19-/t46-,48+,49+,50+,54+,61-,69-,73-,74+,77+,85-/m0/s1. The number of phenolic OH excluding ortho intramolecular Hbond substituents is 1. The molecule has 5 aromatic rings. The number of nitrogens with zero attached hydrogens (tertiary/aromatic N) is 3. The number of rotatable bonds is 32. The number of methoxy groups -OCH3 is 1. The summed E-state index contributed by atoms with van der Waals surface area (Å²) in [6.07, 6.45) is 8.78. The van der Waals surface area contributed by atoms with Crippen molar-refractivity contribution in [2.24, 2.45) is 41.2 Å². The minimum absolute atomic E-state index is 0.0109. The van der Waals surface area contributed by atoms with Gasteiger partial charge in [-0.3, -0.25) is 52.8 Å². The highest BCUT2D eigenvalue weighted by Crippen LogP contribution is 2.43. The molecule has 1 fully saturated rings. The van der Waals surface area contributed by atoms with Crippen molar-refractivity contribution in [3.05, 3.63) is 121 Å². The second-order valence-corrected chi connectivity index (χ2v) is 31.1. The van der Waals surface area contributed by atoms with Crippen molar-refractivity contribution in [3.8, 4) is 11.5 Å². The molecule has 0 spiro atoms. The number of allylic oxidation sites excluding steroid dienone is 2. The summed E-state index contributed by atoms with van der Waals surface area (Å²) in [6.45, 7) is 17.1. The van der Waals surface area contributed by atoms with Crippen molar-refractivity contribution in [1.82, 2.24) is 25.8 Å². The number of hydrogen-bond donors (Lipinski definition) is 10. The molecule has 8 amide bonds. The highest BCUT2D eigenvalue weighted by Gasteiger charge is 2.45. The van der Waals surface area contributed by atoms with Crippen LogP contribution in [0.2, 0.25) is 0 Å². The van der Waals surface area contributed by atoms with Crippen LogP contribution in [0.3, 0.4) is 0 Å². The number of hydrogen-bond acceptors (Lipinski definition) is 26. The number of esters is 1. The number of piperidine rings is 1. The summed E-state index contributed by atoms with van der Waals surface area (Å²) >= 11 is 0. The van der Waals surface area contributed by atoms with Gasteiger partial charge in [-0.1, -0.05) is 84.7 Å². The predicted octanol–water partition coefficient (Wildman–Crippen LogP) is 7.43. The van der Waals surface area contributed by atoms with Crippen LogP contribution < -0.4 is 58.0 Å². The molecular formula is C85H109N9O24. The molecule has 1 saturated heterocycles. The van der Waals surface area contributed by atoms with Gasteiger partial charge in [0, 0.05) is 148 Å². The molecule has 638 valence electrons. The lowest BCUT2D eigenvalue weighted by Gasteiger charge is -2.38. The molecule has 33 heteroatoms. The van der Waals surface area contributed by atoms with Crippen molar-refractivity contribution in [2.75, 3.05) is 75.2 Å². The van der Waals surface area contributed by atoms with Gasteiger partial charge in [0.05, 0.1) is 67.6 Å². The fourth-order valence-corrected chi connectivity index (χ4v) is 15.0. The molecule has 4 bridgehead atoms. The predicted molar refractivity (Wildman–Crippen MR) is 436 cm³/mol. The average Bonchev–Trinajstić information content (AvgIpc) is 1.43. The Balaban J connectivity index is 0.821. The second kappa shape index (κ2) is 41.3. The number of aromatic hydroxyl groups is 1. The maximum Gasteiger partial charge on any atom is 0.407 e. The summed E-state index contributed by atoms with van der Waals surface area (Å²) in [5.74, 6) is -10.8. The van der Waals surface area contributed by atoms with Crippen LogP contribution in [0, 0.1) is 42.4 Å². The number of aliphatic hydroxyl groups is 3. The first-order chi connectivity index (χ1) is 56.1. The molecule has 118 heavy (non-hydrogen) atoms. The molecule has 9 rings (SSSR count). The average molecular weight is 1640 g/mol. The third-order valence-corrected chi connectivity index (χ3v) is 22.0. The van der Waals surface area contributed by atoms with Crippen LogP contribution in [0.1, 0.15) is 144 Å². The first-order valence-electron chi connectivity index (χ1n) is 39.9. The molecule has 11 N–H and O–H groups in total. The smallest absolute Gasteiger partial charge is 0.407 e. The van der Waals surface area contributed by atoms with E-state index in [1.807, 2.05) is 4.90 Å². The number of amides is 8. The number of phenols is 1. The molecule has 0 radical (unpaired) electrons. The van der Waals surface area contributed by atoms with Crippen LogP contribution in [0.5, 0.6) is 11.5 Å². The van der Waals surface area contributed by atoms with Crippen LogP contribution in [-0.4, -0.2) is 192 Å². The number of Topliss-reactive ketones (excluding diaryl/α,β-unsaturated/α-hetero) is 2. The number of anilines is 3. The maximum atomic E-state index is 15.2. The van der Waals surface area contributed by atoms with Gasteiger partial charge in [0.15, 0.2) is 34.0 Å². The number of imide groups is 1. The largest absolute Gasteiger partial charge is 0.507 e. The lowest BCUT2D eigenvalue weighted by molar-refractivity contribution is -0.160. The fraction of sp³-hybridized carbons (Fsp3) is 0.518. The Labute approximate surface area is 682 Å². The first-order valence-corrected chi connectivity index (χ1v) is 39.9. The van der Waals surface area contributed by atoms with E-state index in [1.54, 1.807) is 78.0 Å². The fourth-order valence-electron chi connectivity index (χ4n) is 15.0. The molecule has 4 aliphatic heterocycles. The molecule has 11 atom stereocenters. The monoisotopic (exact) mass is 1640 g/mol. The van der Waals surface area contributed by atoms with Gasteiger partial charge in [-0.2, -0.15) is 0 Å². The number of primary amides is 1. The molecule has 33 nitrogen and oxygen atoms in total. The Kier molecular flexibility index (Phi) is 31.8. The van der Waals surface area contributed by atoms with Crippen molar-refractivity contribution >= 4 is 115 Å². The van der Waals surface area contributed by atoms with E-state index in [9.17, 15) is 73.2 Å². The number of fused-ring (bicyclic) bond motifs is 2. The van der Waals surface area contributed by atoms with Gasteiger partial charge in [-0.25, -0.2) is 14.6 Å². The summed E-state index contributed by atoms with van der Waals surface area (Å²) in [5.41, 5.74) is 3.73. The number of aliphatic hydroxyl groups excluding tert-OH is 3. The third-order valence-electron chi connectivity index (χ3n) is 22.0. The molecule has 4 aromatic carbocycles. The SMILES string of the molecule is CO[C@H]1/C=C/O[C@@]2(C)Oc3c(C)c(O)c4c(=O)c(c5oc6cc(N7CCC(NC(=O)OCc8ccc(NC(=O)[C@H](CCCNC(N)=O)CC(=O)[C@@H](NC(=O)CCCCCCC(=O)COCCOCCN9C(=O)C=CC9=O)C(C)C)cc8)CC7)cc(=O)c6nc5c4c3=C2O)NC(=O)/C(C)=C\C=C\[C@H](C)[C@H](O)[C@@H](C)[C@@H](O)[C@@H](C)[C@H](OC(C)=O)[C@@H]1C. The molecule has 5 heterocycles.